The summed E-state index contributed by atoms with van der Waals surface area (Å²) >= 11 is 2.04. The molecule has 0 amide bonds. The molecule has 1 heterocycles. The zero-order valence-corrected chi connectivity index (χ0v) is 12.3. The van der Waals surface area contributed by atoms with Crippen LogP contribution in [0.15, 0.2) is 21.5 Å². The Balaban J connectivity index is 1.92. The molecule has 1 saturated carbocycles. The lowest BCUT2D eigenvalue weighted by atomic mass is 10.2. The van der Waals surface area contributed by atoms with Gasteiger partial charge in [-0.05, 0) is 32.1 Å². The summed E-state index contributed by atoms with van der Waals surface area (Å²) in [5.41, 5.74) is -0.375. The molecule has 0 unspecified atom stereocenters. The van der Waals surface area contributed by atoms with Crippen molar-refractivity contribution in [1.29, 1.82) is 0 Å². The third kappa shape index (κ3) is 3.76. The van der Waals surface area contributed by atoms with Crippen LogP contribution in [0, 0.1) is 0 Å². The van der Waals surface area contributed by atoms with Crippen molar-refractivity contribution < 1.29 is 9.52 Å². The summed E-state index contributed by atoms with van der Waals surface area (Å²) in [6.07, 6.45) is 4.80. The van der Waals surface area contributed by atoms with Gasteiger partial charge in [-0.2, -0.15) is 11.8 Å². The molecular formula is C14H21NO3S. The van der Waals surface area contributed by atoms with E-state index >= 15 is 0 Å². The van der Waals surface area contributed by atoms with Crippen LogP contribution in [0.25, 0.3) is 0 Å². The van der Waals surface area contributed by atoms with Crippen LogP contribution in [0.2, 0.25) is 0 Å². The Morgan fingerprint density at radius 2 is 2.32 bits per heavy atom. The maximum Gasteiger partial charge on any atom is 0.226 e. The van der Waals surface area contributed by atoms with E-state index in [1.807, 2.05) is 11.8 Å². The van der Waals surface area contributed by atoms with Crippen molar-refractivity contribution in [2.45, 2.75) is 44.0 Å². The molecule has 0 aromatic carbocycles. The Morgan fingerprint density at radius 1 is 1.53 bits per heavy atom. The summed E-state index contributed by atoms with van der Waals surface area (Å²) < 4.78 is 5.25. The highest BCUT2D eigenvalue weighted by Crippen LogP contribution is 2.32. The first-order valence-corrected chi connectivity index (χ1v) is 7.77. The Labute approximate surface area is 117 Å². The monoisotopic (exact) mass is 283 g/mol. The van der Waals surface area contributed by atoms with Crippen molar-refractivity contribution in [1.82, 2.24) is 4.90 Å². The highest BCUT2D eigenvalue weighted by molar-refractivity contribution is 7.99. The lowest BCUT2D eigenvalue weighted by Crippen LogP contribution is -2.29. The molecule has 2 atom stereocenters. The Bertz CT molecular complexity index is 474. The summed E-state index contributed by atoms with van der Waals surface area (Å²) in [6.45, 7) is 2.82. The van der Waals surface area contributed by atoms with Crippen LogP contribution in [-0.2, 0) is 6.54 Å². The molecular weight excluding hydrogens is 262 g/mol. The van der Waals surface area contributed by atoms with Crippen LogP contribution in [0.5, 0.6) is 5.75 Å². The van der Waals surface area contributed by atoms with Crippen molar-refractivity contribution >= 4 is 11.8 Å². The summed E-state index contributed by atoms with van der Waals surface area (Å²) in [5.74, 6) is 1.46. The van der Waals surface area contributed by atoms with Crippen LogP contribution in [0.4, 0.5) is 0 Å². The average Bonchev–Trinajstić information content (AvgIpc) is 2.83. The SMILES string of the molecule is CCS[C@@H]1CC[C@@H](N(C)Cc2cc(=O)c(O)co2)C1. The molecule has 5 heteroatoms. The van der Waals surface area contributed by atoms with Gasteiger partial charge in [-0.1, -0.05) is 6.92 Å². The Hall–Kier alpha value is -0.940. The van der Waals surface area contributed by atoms with E-state index in [0.29, 0.717) is 18.3 Å². The zero-order chi connectivity index (χ0) is 13.8. The van der Waals surface area contributed by atoms with Crippen LogP contribution < -0.4 is 5.43 Å². The van der Waals surface area contributed by atoms with E-state index in [0.717, 1.165) is 11.5 Å². The lowest BCUT2D eigenvalue weighted by molar-refractivity contribution is 0.216. The van der Waals surface area contributed by atoms with E-state index in [9.17, 15) is 4.79 Å². The highest BCUT2D eigenvalue weighted by Gasteiger charge is 2.27. The van der Waals surface area contributed by atoms with Gasteiger partial charge in [0, 0.05) is 17.4 Å². The second kappa shape index (κ2) is 6.48. The summed E-state index contributed by atoms with van der Waals surface area (Å²) in [4.78, 5) is 13.6. The quantitative estimate of drug-likeness (QED) is 0.899. The van der Waals surface area contributed by atoms with Crippen molar-refractivity contribution in [2.75, 3.05) is 12.8 Å². The number of thioether (sulfide) groups is 1. The van der Waals surface area contributed by atoms with Gasteiger partial charge >= 0.3 is 0 Å². The predicted octanol–water partition coefficient (Wildman–Crippen LogP) is 2.45. The second-order valence-corrected chi connectivity index (χ2v) is 6.63. The average molecular weight is 283 g/mol. The minimum Gasteiger partial charge on any atom is -0.502 e. The number of nitrogens with zero attached hydrogens (tertiary/aromatic N) is 1. The molecule has 0 saturated heterocycles. The minimum atomic E-state index is -0.375. The fraction of sp³-hybridized carbons (Fsp3) is 0.643. The molecule has 0 spiro atoms. The molecule has 19 heavy (non-hydrogen) atoms. The molecule has 1 N–H and O–H groups in total. The number of aromatic hydroxyl groups is 1. The van der Waals surface area contributed by atoms with E-state index in [1.54, 1.807) is 0 Å². The lowest BCUT2D eigenvalue weighted by Gasteiger charge is -2.23. The molecule has 2 rings (SSSR count). The maximum atomic E-state index is 11.3. The fourth-order valence-corrected chi connectivity index (χ4v) is 3.74. The van der Waals surface area contributed by atoms with E-state index in [-0.39, 0.29) is 11.2 Å². The van der Waals surface area contributed by atoms with Crippen LogP contribution >= 0.6 is 11.8 Å². The van der Waals surface area contributed by atoms with Gasteiger partial charge in [-0.15, -0.1) is 0 Å². The van der Waals surface area contributed by atoms with Gasteiger partial charge < -0.3 is 9.52 Å². The first-order valence-electron chi connectivity index (χ1n) is 6.72. The molecule has 0 radical (unpaired) electrons. The first kappa shape index (κ1) is 14.5. The number of hydrogen-bond acceptors (Lipinski definition) is 5. The molecule has 1 aliphatic carbocycles. The Kier molecular flexibility index (Phi) is 4.93. The standard InChI is InChI=1S/C14H21NO3S/c1-3-19-12-5-4-10(6-12)15(2)8-11-7-13(16)14(17)9-18-11/h7,9-10,12,17H,3-6,8H2,1-2H3/t10-,12-/m1/s1. The molecule has 4 nitrogen and oxygen atoms in total. The van der Waals surface area contributed by atoms with Gasteiger partial charge in [0.05, 0.1) is 6.54 Å². The summed E-state index contributed by atoms with van der Waals surface area (Å²) in [7, 11) is 2.07. The van der Waals surface area contributed by atoms with Gasteiger partial charge in [-0.25, -0.2) is 0 Å². The molecule has 1 fully saturated rings. The molecule has 1 aromatic rings. The maximum absolute atomic E-state index is 11.3. The summed E-state index contributed by atoms with van der Waals surface area (Å²) in [6, 6.07) is 1.93. The van der Waals surface area contributed by atoms with Crippen LogP contribution in [-0.4, -0.2) is 34.1 Å². The van der Waals surface area contributed by atoms with Gasteiger partial charge in [0.15, 0.2) is 5.75 Å². The zero-order valence-electron chi connectivity index (χ0n) is 11.5. The largest absolute Gasteiger partial charge is 0.502 e. The second-order valence-electron chi connectivity index (χ2n) is 5.06. The number of hydrogen-bond donors (Lipinski definition) is 1. The molecule has 0 aliphatic heterocycles. The van der Waals surface area contributed by atoms with Crippen molar-refractivity contribution in [2.24, 2.45) is 0 Å². The normalized spacial score (nSPS) is 23.1. The molecule has 1 aromatic heterocycles. The Morgan fingerprint density at radius 3 is 3.00 bits per heavy atom. The third-order valence-corrected chi connectivity index (χ3v) is 4.89. The topological polar surface area (TPSA) is 53.7 Å². The van der Waals surface area contributed by atoms with Gasteiger partial charge in [0.2, 0.25) is 5.43 Å². The van der Waals surface area contributed by atoms with E-state index in [4.69, 9.17) is 9.52 Å². The fourth-order valence-electron chi connectivity index (χ4n) is 2.61. The van der Waals surface area contributed by atoms with Crippen molar-refractivity contribution in [3.05, 3.63) is 28.3 Å². The first-order chi connectivity index (χ1) is 9.10. The van der Waals surface area contributed by atoms with Crippen LogP contribution in [0.1, 0.15) is 31.9 Å². The molecule has 0 bridgehead atoms. The van der Waals surface area contributed by atoms with Crippen LogP contribution in [0.3, 0.4) is 0 Å². The number of rotatable bonds is 5. The van der Waals surface area contributed by atoms with Crippen molar-refractivity contribution in [3.8, 4) is 5.75 Å². The third-order valence-electron chi connectivity index (χ3n) is 3.65. The van der Waals surface area contributed by atoms with E-state index in [1.165, 1.54) is 31.1 Å². The smallest absolute Gasteiger partial charge is 0.226 e. The molecule has 106 valence electrons. The van der Waals surface area contributed by atoms with Crippen molar-refractivity contribution in [3.63, 3.8) is 0 Å². The van der Waals surface area contributed by atoms with E-state index < -0.39 is 0 Å². The van der Waals surface area contributed by atoms with Gasteiger partial charge in [0.1, 0.15) is 12.0 Å². The predicted molar refractivity (Wildman–Crippen MR) is 77.7 cm³/mol. The van der Waals surface area contributed by atoms with E-state index in [2.05, 4.69) is 18.9 Å². The highest BCUT2D eigenvalue weighted by atomic mass is 32.2. The van der Waals surface area contributed by atoms with Gasteiger partial charge in [0.25, 0.3) is 0 Å². The van der Waals surface area contributed by atoms with Gasteiger partial charge in [-0.3, -0.25) is 9.69 Å². The summed E-state index contributed by atoms with van der Waals surface area (Å²) in [5, 5.41) is 9.93. The minimum absolute atomic E-state index is 0.327. The molecule has 1 aliphatic rings.